The fourth-order valence-corrected chi connectivity index (χ4v) is 1.04. The van der Waals surface area contributed by atoms with Crippen LogP contribution in [0.1, 0.15) is 18.5 Å². The van der Waals surface area contributed by atoms with Crippen LogP contribution in [0.5, 0.6) is 0 Å². The molecule has 0 heterocycles. The Morgan fingerprint density at radius 3 is 2.55 bits per heavy atom. The molecule has 1 aromatic rings. The van der Waals surface area contributed by atoms with Crippen LogP contribution in [0.2, 0.25) is 0 Å². The van der Waals surface area contributed by atoms with Crippen molar-refractivity contribution in [3.63, 3.8) is 0 Å². The smallest absolute Gasteiger partial charge is 0.0291 e. The number of hydrogen-bond acceptors (Lipinski definition) is 1. The van der Waals surface area contributed by atoms with Crippen LogP contribution in [-0.2, 0) is 0 Å². The van der Waals surface area contributed by atoms with E-state index in [1.54, 1.807) is 0 Å². The van der Waals surface area contributed by atoms with Gasteiger partial charge in [0.25, 0.3) is 0 Å². The van der Waals surface area contributed by atoms with Gasteiger partial charge in [0.05, 0.1) is 0 Å². The van der Waals surface area contributed by atoms with Crippen molar-refractivity contribution in [2.24, 2.45) is 0 Å². The second-order valence-electron chi connectivity index (χ2n) is 2.54. The van der Waals surface area contributed by atoms with Crippen LogP contribution >= 0.6 is 0 Å². The summed E-state index contributed by atoms with van der Waals surface area (Å²) in [5.41, 5.74) is 1.28. The Morgan fingerprint density at radius 1 is 1.36 bits per heavy atom. The monoisotopic (exact) mass is 147 g/mol. The standard InChI is InChI=1S/C10H13N/c1-3-11-9(2)10-7-5-4-6-8-10/h1,4-9,11H,3H2,2H3. The Kier molecular flexibility index (Phi) is 3.12. The number of rotatable bonds is 3. The molecule has 1 nitrogen and oxygen atoms in total. The van der Waals surface area contributed by atoms with Gasteiger partial charge in [-0.25, -0.2) is 0 Å². The van der Waals surface area contributed by atoms with Crippen LogP contribution in [0.25, 0.3) is 0 Å². The SMILES string of the molecule is [CH]CNC(C)c1ccccc1. The summed E-state index contributed by atoms with van der Waals surface area (Å²) in [4.78, 5) is 0. The minimum atomic E-state index is 0.348. The van der Waals surface area contributed by atoms with Crippen LogP contribution in [0.15, 0.2) is 30.3 Å². The van der Waals surface area contributed by atoms with Crippen molar-refractivity contribution in [1.82, 2.24) is 5.32 Å². The van der Waals surface area contributed by atoms with E-state index in [4.69, 9.17) is 6.92 Å². The molecule has 1 heteroatoms. The molecular weight excluding hydrogens is 134 g/mol. The summed E-state index contributed by atoms with van der Waals surface area (Å²) in [7, 11) is 0. The first kappa shape index (κ1) is 8.28. The van der Waals surface area contributed by atoms with Gasteiger partial charge < -0.3 is 5.32 Å². The van der Waals surface area contributed by atoms with Crippen LogP contribution in [-0.4, -0.2) is 6.54 Å². The van der Waals surface area contributed by atoms with Gasteiger partial charge in [-0.2, -0.15) is 0 Å². The summed E-state index contributed by atoms with van der Waals surface area (Å²) in [5, 5.41) is 3.14. The lowest BCUT2D eigenvalue weighted by atomic mass is 10.1. The van der Waals surface area contributed by atoms with Crippen molar-refractivity contribution < 1.29 is 0 Å². The second-order valence-corrected chi connectivity index (χ2v) is 2.54. The van der Waals surface area contributed by atoms with E-state index in [0.29, 0.717) is 12.6 Å². The van der Waals surface area contributed by atoms with Gasteiger partial charge in [0.2, 0.25) is 0 Å². The van der Waals surface area contributed by atoms with Gasteiger partial charge in [-0.05, 0) is 26.0 Å². The largest absolute Gasteiger partial charge is 0.310 e. The van der Waals surface area contributed by atoms with Crippen molar-refractivity contribution >= 4 is 0 Å². The Balaban J connectivity index is 2.61. The lowest BCUT2D eigenvalue weighted by molar-refractivity contribution is 0.616. The quantitative estimate of drug-likeness (QED) is 0.690. The fourth-order valence-electron chi connectivity index (χ4n) is 1.04. The zero-order chi connectivity index (χ0) is 8.10. The normalized spacial score (nSPS) is 12.9. The Morgan fingerprint density at radius 2 is 2.00 bits per heavy atom. The van der Waals surface area contributed by atoms with Crippen molar-refractivity contribution in [3.8, 4) is 0 Å². The average molecular weight is 147 g/mol. The highest BCUT2D eigenvalue weighted by Crippen LogP contribution is 2.09. The molecule has 0 aliphatic rings. The molecule has 0 aliphatic carbocycles. The topological polar surface area (TPSA) is 12.0 Å². The molecule has 1 unspecified atom stereocenters. The third kappa shape index (κ3) is 2.35. The second kappa shape index (κ2) is 4.14. The Hall–Kier alpha value is -0.820. The minimum absolute atomic E-state index is 0.348. The average Bonchev–Trinajstić information content (AvgIpc) is 2.07. The lowest BCUT2D eigenvalue weighted by Gasteiger charge is -2.11. The van der Waals surface area contributed by atoms with Crippen molar-refractivity contribution in [1.29, 1.82) is 0 Å². The van der Waals surface area contributed by atoms with Crippen LogP contribution in [0.3, 0.4) is 0 Å². The van der Waals surface area contributed by atoms with Crippen molar-refractivity contribution in [3.05, 3.63) is 42.8 Å². The molecule has 0 saturated carbocycles. The van der Waals surface area contributed by atoms with Crippen LogP contribution < -0.4 is 5.32 Å². The van der Waals surface area contributed by atoms with E-state index in [1.165, 1.54) is 5.56 Å². The molecule has 1 N–H and O–H groups in total. The molecule has 0 aromatic heterocycles. The molecule has 1 atom stereocenters. The van der Waals surface area contributed by atoms with Gasteiger partial charge in [-0.1, -0.05) is 30.3 Å². The lowest BCUT2D eigenvalue weighted by Crippen LogP contribution is -2.17. The van der Waals surface area contributed by atoms with Crippen molar-refractivity contribution in [2.75, 3.05) is 6.54 Å². The summed E-state index contributed by atoms with van der Waals surface area (Å²) in [6.45, 7) is 7.98. The van der Waals surface area contributed by atoms with Gasteiger partial charge in [0.1, 0.15) is 0 Å². The first-order valence-corrected chi connectivity index (χ1v) is 3.83. The molecule has 11 heavy (non-hydrogen) atoms. The first-order chi connectivity index (χ1) is 5.34. The number of benzene rings is 1. The van der Waals surface area contributed by atoms with E-state index in [-0.39, 0.29) is 0 Å². The van der Waals surface area contributed by atoms with E-state index < -0.39 is 0 Å². The van der Waals surface area contributed by atoms with E-state index in [0.717, 1.165) is 0 Å². The fraction of sp³-hybridized carbons (Fsp3) is 0.300. The molecule has 58 valence electrons. The molecule has 0 spiro atoms. The third-order valence-electron chi connectivity index (χ3n) is 1.72. The molecule has 2 radical (unpaired) electrons. The van der Waals surface area contributed by atoms with Gasteiger partial charge >= 0.3 is 0 Å². The first-order valence-electron chi connectivity index (χ1n) is 3.83. The predicted octanol–water partition coefficient (Wildman–Crippen LogP) is 2.05. The predicted molar refractivity (Wildman–Crippen MR) is 47.2 cm³/mol. The van der Waals surface area contributed by atoms with Gasteiger partial charge in [0.15, 0.2) is 0 Å². The van der Waals surface area contributed by atoms with Crippen LogP contribution in [0.4, 0.5) is 0 Å². The molecule has 0 bridgehead atoms. The molecule has 0 fully saturated rings. The number of hydrogen-bond donors (Lipinski definition) is 1. The van der Waals surface area contributed by atoms with Gasteiger partial charge in [0, 0.05) is 6.04 Å². The maximum atomic E-state index is 5.36. The highest BCUT2D eigenvalue weighted by molar-refractivity contribution is 5.17. The maximum Gasteiger partial charge on any atom is 0.0291 e. The molecular formula is C10H13N. The summed E-state index contributed by atoms with van der Waals surface area (Å²) in [5.74, 6) is 0. The number of nitrogens with one attached hydrogen (secondary N) is 1. The zero-order valence-electron chi connectivity index (χ0n) is 6.75. The summed E-state index contributed by atoms with van der Waals surface area (Å²) < 4.78 is 0. The third-order valence-corrected chi connectivity index (χ3v) is 1.72. The van der Waals surface area contributed by atoms with E-state index in [2.05, 4.69) is 24.4 Å². The van der Waals surface area contributed by atoms with E-state index >= 15 is 0 Å². The molecule has 1 rings (SSSR count). The Bertz CT molecular complexity index is 193. The van der Waals surface area contributed by atoms with Gasteiger partial charge in [-0.15, -0.1) is 0 Å². The summed E-state index contributed by atoms with van der Waals surface area (Å²) in [6, 6.07) is 10.6. The van der Waals surface area contributed by atoms with Crippen LogP contribution in [0, 0.1) is 6.92 Å². The summed E-state index contributed by atoms with van der Waals surface area (Å²) in [6.07, 6.45) is 0. The zero-order valence-corrected chi connectivity index (χ0v) is 6.75. The molecule has 0 saturated heterocycles. The highest BCUT2D eigenvalue weighted by Gasteiger charge is 1.99. The van der Waals surface area contributed by atoms with Gasteiger partial charge in [-0.3, -0.25) is 0 Å². The molecule has 0 aliphatic heterocycles. The van der Waals surface area contributed by atoms with E-state index in [1.807, 2.05) is 18.2 Å². The van der Waals surface area contributed by atoms with E-state index in [9.17, 15) is 0 Å². The summed E-state index contributed by atoms with van der Waals surface area (Å²) >= 11 is 0. The minimum Gasteiger partial charge on any atom is -0.310 e. The molecule has 0 amide bonds. The Labute approximate surface area is 68.4 Å². The maximum absolute atomic E-state index is 5.36. The van der Waals surface area contributed by atoms with Crippen molar-refractivity contribution in [2.45, 2.75) is 13.0 Å². The molecule has 1 aromatic carbocycles. The highest BCUT2D eigenvalue weighted by atomic mass is 14.9.